The lowest BCUT2D eigenvalue weighted by molar-refractivity contribution is -0.126. The second kappa shape index (κ2) is 10.2. The van der Waals surface area contributed by atoms with Gasteiger partial charge in [-0.2, -0.15) is 0 Å². The van der Waals surface area contributed by atoms with Crippen LogP contribution >= 0.6 is 0 Å². The molecule has 0 aliphatic carbocycles. The van der Waals surface area contributed by atoms with Crippen molar-refractivity contribution in [1.82, 2.24) is 9.88 Å². The maximum atomic E-state index is 13.0. The Balaban J connectivity index is 1.76. The number of nitrogens with zero attached hydrogens (tertiary/aromatic N) is 2. The monoisotopic (exact) mass is 386 g/mol. The molecular formula is C25H26N2O2. The van der Waals surface area contributed by atoms with Gasteiger partial charge in [-0.1, -0.05) is 48.0 Å². The molecule has 1 heterocycles. The Morgan fingerprint density at radius 3 is 2.59 bits per heavy atom. The van der Waals surface area contributed by atoms with E-state index >= 15 is 0 Å². The fourth-order valence-corrected chi connectivity index (χ4v) is 3.14. The summed E-state index contributed by atoms with van der Waals surface area (Å²) >= 11 is 0. The van der Waals surface area contributed by atoms with Gasteiger partial charge in [0.15, 0.2) is 0 Å². The van der Waals surface area contributed by atoms with E-state index in [-0.39, 0.29) is 5.91 Å². The first-order valence-electron chi connectivity index (χ1n) is 9.70. The van der Waals surface area contributed by atoms with E-state index in [1.165, 1.54) is 5.56 Å². The van der Waals surface area contributed by atoms with Gasteiger partial charge in [-0.15, -0.1) is 0 Å². The SMILES string of the molecule is COc1ccc(C)cc1C=CC(=O)N(CCc1ccccc1)Cc1cccnc1. The molecule has 2 aromatic carbocycles. The molecule has 0 aliphatic rings. The van der Waals surface area contributed by atoms with E-state index in [1.54, 1.807) is 25.6 Å². The minimum Gasteiger partial charge on any atom is -0.496 e. The number of aryl methyl sites for hydroxylation is 1. The summed E-state index contributed by atoms with van der Waals surface area (Å²) in [6, 6.07) is 20.0. The van der Waals surface area contributed by atoms with Crippen LogP contribution in [0.2, 0.25) is 0 Å². The average molecular weight is 386 g/mol. The van der Waals surface area contributed by atoms with Crippen molar-refractivity contribution in [2.45, 2.75) is 19.9 Å². The van der Waals surface area contributed by atoms with E-state index < -0.39 is 0 Å². The van der Waals surface area contributed by atoms with Gasteiger partial charge in [-0.25, -0.2) is 0 Å². The summed E-state index contributed by atoms with van der Waals surface area (Å²) in [5.74, 6) is 0.719. The van der Waals surface area contributed by atoms with E-state index in [1.807, 2.05) is 66.4 Å². The lowest BCUT2D eigenvalue weighted by Crippen LogP contribution is -2.31. The second-order valence-electron chi connectivity index (χ2n) is 6.94. The van der Waals surface area contributed by atoms with Crippen molar-refractivity contribution < 1.29 is 9.53 Å². The van der Waals surface area contributed by atoms with Gasteiger partial charge < -0.3 is 9.64 Å². The van der Waals surface area contributed by atoms with Gasteiger partial charge in [0.1, 0.15) is 5.75 Å². The van der Waals surface area contributed by atoms with Crippen LogP contribution in [0, 0.1) is 6.92 Å². The highest BCUT2D eigenvalue weighted by Crippen LogP contribution is 2.21. The standard InChI is InChI=1S/C25H26N2O2/c1-20-10-12-24(29-2)23(17-20)11-13-25(28)27(19-22-9-6-15-26-18-22)16-14-21-7-4-3-5-8-21/h3-13,15,17-18H,14,16,19H2,1-2H3. The van der Waals surface area contributed by atoms with Crippen LogP contribution < -0.4 is 4.74 Å². The van der Waals surface area contributed by atoms with E-state index in [0.717, 1.165) is 28.9 Å². The van der Waals surface area contributed by atoms with Gasteiger partial charge in [0.2, 0.25) is 5.91 Å². The Labute approximate surface area is 172 Å². The van der Waals surface area contributed by atoms with E-state index in [0.29, 0.717) is 13.1 Å². The number of amides is 1. The molecule has 3 aromatic rings. The Bertz CT molecular complexity index is 953. The summed E-state index contributed by atoms with van der Waals surface area (Å²) in [5, 5.41) is 0. The largest absolute Gasteiger partial charge is 0.496 e. The molecule has 29 heavy (non-hydrogen) atoms. The van der Waals surface area contributed by atoms with Crippen LogP contribution in [-0.4, -0.2) is 29.4 Å². The molecule has 0 N–H and O–H groups in total. The topological polar surface area (TPSA) is 42.4 Å². The van der Waals surface area contributed by atoms with Crippen LogP contribution in [0.25, 0.3) is 6.08 Å². The summed E-state index contributed by atoms with van der Waals surface area (Å²) in [6.07, 6.45) is 7.79. The van der Waals surface area contributed by atoms with Crippen molar-refractivity contribution in [2.75, 3.05) is 13.7 Å². The Morgan fingerprint density at radius 2 is 1.86 bits per heavy atom. The highest BCUT2D eigenvalue weighted by atomic mass is 16.5. The number of pyridine rings is 1. The number of carbonyl (C=O) groups excluding carboxylic acids is 1. The zero-order chi connectivity index (χ0) is 20.5. The van der Waals surface area contributed by atoms with Gasteiger partial charge in [-0.05, 0) is 48.7 Å². The lowest BCUT2D eigenvalue weighted by Gasteiger charge is -2.21. The minimum absolute atomic E-state index is 0.0339. The van der Waals surface area contributed by atoms with Crippen molar-refractivity contribution in [2.24, 2.45) is 0 Å². The lowest BCUT2D eigenvalue weighted by atomic mass is 10.1. The van der Waals surface area contributed by atoms with Crippen LogP contribution in [0.5, 0.6) is 5.75 Å². The molecular weight excluding hydrogens is 360 g/mol. The average Bonchev–Trinajstić information content (AvgIpc) is 2.76. The summed E-state index contributed by atoms with van der Waals surface area (Å²) in [7, 11) is 1.64. The summed E-state index contributed by atoms with van der Waals surface area (Å²) < 4.78 is 5.41. The molecule has 0 spiro atoms. The third-order valence-electron chi connectivity index (χ3n) is 4.71. The first kappa shape index (κ1) is 20.3. The maximum Gasteiger partial charge on any atom is 0.246 e. The van der Waals surface area contributed by atoms with E-state index in [2.05, 4.69) is 17.1 Å². The van der Waals surface area contributed by atoms with Crippen LogP contribution in [-0.2, 0) is 17.8 Å². The van der Waals surface area contributed by atoms with Crippen molar-refractivity contribution in [3.63, 3.8) is 0 Å². The van der Waals surface area contributed by atoms with Gasteiger partial charge in [-0.3, -0.25) is 9.78 Å². The molecule has 0 saturated heterocycles. The first-order chi connectivity index (χ1) is 14.2. The van der Waals surface area contributed by atoms with Crippen molar-refractivity contribution in [1.29, 1.82) is 0 Å². The van der Waals surface area contributed by atoms with Gasteiger partial charge in [0, 0.05) is 37.1 Å². The first-order valence-corrected chi connectivity index (χ1v) is 9.70. The molecule has 0 aliphatic heterocycles. The quantitative estimate of drug-likeness (QED) is 0.528. The molecule has 0 fully saturated rings. The van der Waals surface area contributed by atoms with Crippen LogP contribution in [0.1, 0.15) is 22.3 Å². The number of ether oxygens (including phenoxy) is 1. The zero-order valence-corrected chi connectivity index (χ0v) is 16.9. The van der Waals surface area contributed by atoms with Gasteiger partial charge in [0.05, 0.1) is 7.11 Å². The van der Waals surface area contributed by atoms with Crippen molar-refractivity contribution in [3.8, 4) is 5.75 Å². The van der Waals surface area contributed by atoms with E-state index in [4.69, 9.17) is 4.74 Å². The van der Waals surface area contributed by atoms with E-state index in [9.17, 15) is 4.79 Å². The number of carbonyl (C=O) groups is 1. The fraction of sp³-hybridized carbons (Fsp3) is 0.200. The molecule has 1 aromatic heterocycles. The Kier molecular flexibility index (Phi) is 7.17. The summed E-state index contributed by atoms with van der Waals surface area (Å²) in [6.45, 7) is 3.18. The molecule has 4 heteroatoms. The molecule has 3 rings (SSSR count). The second-order valence-corrected chi connectivity index (χ2v) is 6.94. The van der Waals surface area contributed by atoms with Crippen LogP contribution in [0.15, 0.2) is 79.1 Å². The minimum atomic E-state index is -0.0339. The predicted octanol–water partition coefficient (Wildman–Crippen LogP) is 4.68. The molecule has 0 bridgehead atoms. The number of methoxy groups -OCH3 is 1. The highest BCUT2D eigenvalue weighted by molar-refractivity contribution is 5.92. The Hall–Kier alpha value is -3.40. The number of aromatic nitrogens is 1. The summed E-state index contributed by atoms with van der Waals surface area (Å²) in [5.41, 5.74) is 4.23. The maximum absolute atomic E-state index is 13.0. The summed E-state index contributed by atoms with van der Waals surface area (Å²) in [4.78, 5) is 19.0. The molecule has 1 amide bonds. The number of hydrogen-bond donors (Lipinski definition) is 0. The van der Waals surface area contributed by atoms with Crippen LogP contribution in [0.3, 0.4) is 0 Å². The Morgan fingerprint density at radius 1 is 1.07 bits per heavy atom. The third-order valence-corrected chi connectivity index (χ3v) is 4.71. The number of rotatable bonds is 8. The molecule has 0 saturated carbocycles. The fourth-order valence-electron chi connectivity index (χ4n) is 3.14. The molecule has 148 valence electrons. The van der Waals surface area contributed by atoms with Crippen molar-refractivity contribution in [3.05, 3.63) is 101 Å². The van der Waals surface area contributed by atoms with Crippen molar-refractivity contribution >= 4 is 12.0 Å². The smallest absolute Gasteiger partial charge is 0.246 e. The molecule has 0 atom stereocenters. The normalized spacial score (nSPS) is 10.8. The molecule has 4 nitrogen and oxygen atoms in total. The number of hydrogen-bond acceptors (Lipinski definition) is 3. The predicted molar refractivity (Wildman–Crippen MR) is 117 cm³/mol. The van der Waals surface area contributed by atoms with Gasteiger partial charge >= 0.3 is 0 Å². The molecule has 0 unspecified atom stereocenters. The van der Waals surface area contributed by atoms with Crippen LogP contribution in [0.4, 0.5) is 0 Å². The third kappa shape index (κ3) is 6.04. The number of benzene rings is 2. The highest BCUT2D eigenvalue weighted by Gasteiger charge is 2.12. The zero-order valence-electron chi connectivity index (χ0n) is 16.9. The molecule has 0 radical (unpaired) electrons. The van der Waals surface area contributed by atoms with Gasteiger partial charge in [0.25, 0.3) is 0 Å².